The van der Waals surface area contributed by atoms with E-state index < -0.39 is 11.6 Å². The van der Waals surface area contributed by atoms with Crippen molar-refractivity contribution in [2.24, 2.45) is 5.92 Å². The Kier molecular flexibility index (Phi) is 4.91. The van der Waals surface area contributed by atoms with E-state index in [1.807, 2.05) is 0 Å². The Balaban J connectivity index is 1.59. The van der Waals surface area contributed by atoms with Crippen LogP contribution in [0.4, 0.5) is 8.78 Å². The molecule has 3 atom stereocenters. The molecular formula is C17H23F2OP. The molecule has 0 bridgehead atoms. The minimum atomic E-state index is -0.756. The Labute approximate surface area is 127 Å². The molecule has 0 radical (unpaired) electrons. The fraction of sp³-hybridized carbons (Fsp3) is 0.647. The van der Waals surface area contributed by atoms with E-state index in [1.165, 1.54) is 31.7 Å². The van der Waals surface area contributed by atoms with Crippen LogP contribution in [-0.2, 0) is 4.74 Å². The van der Waals surface area contributed by atoms with Crippen molar-refractivity contribution in [3.8, 4) is 0 Å². The van der Waals surface area contributed by atoms with E-state index in [4.69, 9.17) is 4.74 Å². The summed E-state index contributed by atoms with van der Waals surface area (Å²) in [7, 11) is 2.92. The Morgan fingerprint density at radius 2 is 1.76 bits per heavy atom. The fourth-order valence-corrected chi connectivity index (χ4v) is 4.13. The molecule has 1 nitrogen and oxygen atoms in total. The second-order valence-electron chi connectivity index (χ2n) is 6.46. The van der Waals surface area contributed by atoms with Gasteiger partial charge < -0.3 is 4.74 Å². The van der Waals surface area contributed by atoms with Crippen LogP contribution in [-0.4, -0.2) is 18.4 Å². The average molecular weight is 312 g/mol. The van der Waals surface area contributed by atoms with Gasteiger partial charge in [-0.1, -0.05) is 12.1 Å². The smallest absolute Gasteiger partial charge is 0.162 e. The Bertz CT molecular complexity index is 478. The SMILES string of the molecule is Fc1cccc(C2CCC(C3CCC(P)CC3)OC2)c1F. The number of benzene rings is 1. The monoisotopic (exact) mass is 312 g/mol. The van der Waals surface area contributed by atoms with Crippen LogP contribution in [0.3, 0.4) is 0 Å². The topological polar surface area (TPSA) is 9.23 Å². The van der Waals surface area contributed by atoms with Crippen molar-refractivity contribution < 1.29 is 13.5 Å². The Morgan fingerprint density at radius 3 is 2.43 bits per heavy atom. The minimum Gasteiger partial charge on any atom is -0.377 e. The van der Waals surface area contributed by atoms with Gasteiger partial charge in [0.1, 0.15) is 0 Å². The molecule has 1 heterocycles. The molecule has 2 aliphatic rings. The molecule has 1 saturated carbocycles. The van der Waals surface area contributed by atoms with Gasteiger partial charge in [0, 0.05) is 5.92 Å². The van der Waals surface area contributed by atoms with Crippen LogP contribution in [0.1, 0.15) is 50.0 Å². The molecule has 21 heavy (non-hydrogen) atoms. The number of rotatable bonds is 2. The number of halogens is 2. The second-order valence-corrected chi connectivity index (χ2v) is 7.41. The van der Waals surface area contributed by atoms with Crippen molar-refractivity contribution in [2.75, 3.05) is 6.61 Å². The first kappa shape index (κ1) is 15.4. The zero-order valence-electron chi connectivity index (χ0n) is 12.2. The maximum absolute atomic E-state index is 13.8. The summed E-state index contributed by atoms with van der Waals surface area (Å²) >= 11 is 0. The van der Waals surface area contributed by atoms with Gasteiger partial charge >= 0.3 is 0 Å². The largest absolute Gasteiger partial charge is 0.377 e. The predicted octanol–water partition coefficient (Wildman–Crippen LogP) is 4.66. The maximum Gasteiger partial charge on any atom is 0.162 e. The highest BCUT2D eigenvalue weighted by Crippen LogP contribution is 2.38. The summed E-state index contributed by atoms with van der Waals surface area (Å²) in [5.41, 5.74) is 1.24. The van der Waals surface area contributed by atoms with E-state index in [2.05, 4.69) is 9.24 Å². The third kappa shape index (κ3) is 3.46. The average Bonchev–Trinajstić information content (AvgIpc) is 2.51. The summed E-state index contributed by atoms with van der Waals surface area (Å²) in [5, 5.41) is 0. The Hall–Kier alpha value is -0.530. The van der Waals surface area contributed by atoms with Gasteiger partial charge in [0.15, 0.2) is 11.6 Å². The lowest BCUT2D eigenvalue weighted by Gasteiger charge is -2.37. The van der Waals surface area contributed by atoms with Gasteiger partial charge in [-0.15, -0.1) is 9.24 Å². The summed E-state index contributed by atoms with van der Waals surface area (Å²) in [6.45, 7) is 0.520. The molecule has 1 aliphatic carbocycles. The van der Waals surface area contributed by atoms with Crippen molar-refractivity contribution >= 4 is 9.24 Å². The molecular weight excluding hydrogens is 289 g/mol. The van der Waals surface area contributed by atoms with Gasteiger partial charge in [0.05, 0.1) is 12.7 Å². The zero-order valence-corrected chi connectivity index (χ0v) is 13.4. The third-order valence-electron chi connectivity index (χ3n) is 5.07. The molecule has 3 rings (SSSR count). The molecule has 0 spiro atoms. The van der Waals surface area contributed by atoms with Crippen LogP contribution in [0.15, 0.2) is 18.2 Å². The van der Waals surface area contributed by atoms with Gasteiger partial charge in [-0.05, 0) is 61.7 Å². The normalized spacial score (nSPS) is 33.9. The second kappa shape index (κ2) is 6.71. The number of hydrogen-bond donors (Lipinski definition) is 0. The van der Waals surface area contributed by atoms with E-state index in [9.17, 15) is 8.78 Å². The molecule has 0 N–H and O–H groups in total. The van der Waals surface area contributed by atoms with E-state index in [1.54, 1.807) is 12.1 Å². The van der Waals surface area contributed by atoms with Crippen LogP contribution in [0.5, 0.6) is 0 Å². The lowest BCUT2D eigenvalue weighted by Crippen LogP contribution is -2.33. The number of ether oxygens (including phenoxy) is 1. The zero-order chi connectivity index (χ0) is 14.8. The molecule has 1 aliphatic heterocycles. The van der Waals surface area contributed by atoms with Gasteiger partial charge in [-0.3, -0.25) is 0 Å². The van der Waals surface area contributed by atoms with Crippen molar-refractivity contribution in [2.45, 2.75) is 56.2 Å². The predicted molar refractivity (Wildman–Crippen MR) is 83.5 cm³/mol. The third-order valence-corrected chi connectivity index (χ3v) is 5.74. The van der Waals surface area contributed by atoms with Crippen molar-refractivity contribution in [1.29, 1.82) is 0 Å². The lowest BCUT2D eigenvalue weighted by atomic mass is 9.80. The van der Waals surface area contributed by atoms with E-state index in [0.717, 1.165) is 18.5 Å². The molecule has 1 saturated heterocycles. The van der Waals surface area contributed by atoms with Crippen LogP contribution in [0.2, 0.25) is 0 Å². The Morgan fingerprint density at radius 1 is 1.00 bits per heavy atom. The van der Waals surface area contributed by atoms with Gasteiger partial charge in [0.25, 0.3) is 0 Å². The van der Waals surface area contributed by atoms with Gasteiger partial charge in [-0.25, -0.2) is 8.78 Å². The molecule has 0 aromatic heterocycles. The quantitative estimate of drug-likeness (QED) is 0.722. The summed E-state index contributed by atoms with van der Waals surface area (Å²) in [6, 6.07) is 4.44. The summed E-state index contributed by atoms with van der Waals surface area (Å²) in [5.74, 6) is -0.809. The minimum absolute atomic E-state index is 0.00461. The van der Waals surface area contributed by atoms with E-state index >= 15 is 0 Å². The van der Waals surface area contributed by atoms with Crippen LogP contribution >= 0.6 is 9.24 Å². The summed E-state index contributed by atoms with van der Waals surface area (Å²) in [4.78, 5) is 0. The first-order valence-electron chi connectivity index (χ1n) is 7.96. The highest BCUT2D eigenvalue weighted by atomic mass is 31.0. The first-order valence-corrected chi connectivity index (χ1v) is 8.63. The van der Waals surface area contributed by atoms with E-state index in [0.29, 0.717) is 24.2 Å². The molecule has 116 valence electrons. The standard InChI is InChI=1S/C17H23F2OP/c18-15-3-1-2-14(17(15)19)12-6-9-16(20-10-12)11-4-7-13(21)8-5-11/h1-3,11-13,16H,4-10,21H2. The number of hydrogen-bond acceptors (Lipinski definition) is 1. The molecule has 2 fully saturated rings. The van der Waals surface area contributed by atoms with Crippen molar-refractivity contribution in [3.63, 3.8) is 0 Å². The van der Waals surface area contributed by atoms with Gasteiger partial charge in [-0.2, -0.15) is 0 Å². The highest BCUT2D eigenvalue weighted by molar-refractivity contribution is 7.17. The molecule has 3 unspecified atom stereocenters. The van der Waals surface area contributed by atoms with E-state index in [-0.39, 0.29) is 5.92 Å². The first-order chi connectivity index (χ1) is 10.1. The van der Waals surface area contributed by atoms with Crippen molar-refractivity contribution in [3.05, 3.63) is 35.4 Å². The molecule has 1 aromatic rings. The highest BCUT2D eigenvalue weighted by Gasteiger charge is 2.32. The maximum atomic E-state index is 13.8. The lowest BCUT2D eigenvalue weighted by molar-refractivity contribution is -0.0400. The molecule has 0 amide bonds. The summed E-state index contributed by atoms with van der Waals surface area (Å²) in [6.07, 6.45) is 7.16. The van der Waals surface area contributed by atoms with Gasteiger partial charge in [0.2, 0.25) is 0 Å². The molecule has 1 aromatic carbocycles. The summed E-state index contributed by atoms with van der Waals surface area (Å²) < 4.78 is 33.2. The van der Waals surface area contributed by atoms with Crippen LogP contribution in [0, 0.1) is 17.6 Å². The molecule has 4 heteroatoms. The fourth-order valence-electron chi connectivity index (χ4n) is 3.74. The van der Waals surface area contributed by atoms with Crippen LogP contribution < -0.4 is 0 Å². The van der Waals surface area contributed by atoms with Crippen LogP contribution in [0.25, 0.3) is 0 Å². The van der Waals surface area contributed by atoms with Crippen molar-refractivity contribution in [1.82, 2.24) is 0 Å².